The predicted octanol–water partition coefficient (Wildman–Crippen LogP) is 19.8. The Bertz CT molecular complexity index is 3700. The van der Waals surface area contributed by atoms with Gasteiger partial charge in [0.05, 0.1) is 33.9 Å². The van der Waals surface area contributed by atoms with Crippen LogP contribution in [0.3, 0.4) is 0 Å². The summed E-state index contributed by atoms with van der Waals surface area (Å²) in [5.74, 6) is 1.18. The Morgan fingerprint density at radius 1 is 0.562 bits per heavy atom. The molecule has 0 N–H and O–H groups in total. The van der Waals surface area contributed by atoms with Crippen molar-refractivity contribution in [1.29, 1.82) is 0 Å². The monoisotopic (exact) mass is 984 g/mol. The summed E-state index contributed by atoms with van der Waals surface area (Å²) in [6, 6.07) is 39.1. The molecule has 1 aliphatic heterocycles. The summed E-state index contributed by atoms with van der Waals surface area (Å²) < 4.78 is 98.8. The zero-order valence-electron chi connectivity index (χ0n) is 41.4. The van der Waals surface area contributed by atoms with Crippen molar-refractivity contribution >= 4 is 82.7 Å². The van der Waals surface area contributed by atoms with Crippen LogP contribution in [-0.4, -0.2) is 6.10 Å². The maximum absolute atomic E-state index is 14.2. The van der Waals surface area contributed by atoms with E-state index in [0.29, 0.717) is 29.1 Å². The van der Waals surface area contributed by atoms with Crippen molar-refractivity contribution in [1.82, 2.24) is 0 Å². The molecule has 73 heavy (non-hydrogen) atoms. The second kappa shape index (κ2) is 18.2. The highest BCUT2D eigenvalue weighted by molar-refractivity contribution is 6.28. The molecule has 1 fully saturated rings. The summed E-state index contributed by atoms with van der Waals surface area (Å²) in [5, 5.41) is 7.32. The Hall–Kier alpha value is -7.46. The van der Waals surface area contributed by atoms with E-state index in [1.807, 2.05) is 67.3 Å². The van der Waals surface area contributed by atoms with Crippen LogP contribution in [-0.2, 0) is 17.1 Å². The van der Waals surface area contributed by atoms with Gasteiger partial charge in [-0.15, -0.1) is 0 Å². The quantitative estimate of drug-likeness (QED) is 0.112. The van der Waals surface area contributed by atoms with Crippen LogP contribution in [0.5, 0.6) is 0 Å². The van der Waals surface area contributed by atoms with Crippen LogP contribution in [0, 0.1) is 11.8 Å². The Balaban J connectivity index is 0.00000284. The molecule has 8 aromatic carbocycles. The van der Waals surface area contributed by atoms with E-state index >= 15 is 0 Å². The molecule has 0 saturated carbocycles. The van der Waals surface area contributed by atoms with Crippen LogP contribution in [0.2, 0.25) is 0 Å². The van der Waals surface area contributed by atoms with Gasteiger partial charge in [0.1, 0.15) is 17.4 Å². The standard InChI is InChI=1S/C61H48F6N2O2.C2H6/c1-34(2)42-11-7-13-44-46-10-5-6-16-52(58(46)70-56(42)44)68(40-26-22-38(23-27-40)60(62,63)64)50-32-20-36-19-31-49-51(33-21-37-18-30-48(50)54(36)55(37)49)69(41-28-24-39(25-29-41)61(65,66)67)53-17-9-15-47-45-14-8-12-43(35(3)4)57(45)71-59(47)53;1-2/h7-15,17-35,44,56H,5-6,16H2,1-4H3;1-2H3. The number of rotatable bonds is 8. The van der Waals surface area contributed by atoms with Crippen molar-refractivity contribution in [3.05, 3.63) is 197 Å². The van der Waals surface area contributed by atoms with Crippen LogP contribution in [0.15, 0.2) is 185 Å². The van der Waals surface area contributed by atoms with Gasteiger partial charge in [-0.05, 0) is 131 Å². The second-order valence-electron chi connectivity index (χ2n) is 19.6. The van der Waals surface area contributed by atoms with Gasteiger partial charge in [0.15, 0.2) is 5.58 Å². The topological polar surface area (TPSA) is 28.9 Å². The first-order valence-electron chi connectivity index (χ1n) is 25.2. The minimum atomic E-state index is -4.53. The minimum absolute atomic E-state index is 0.00464. The lowest BCUT2D eigenvalue weighted by atomic mass is 9.82. The fourth-order valence-corrected chi connectivity index (χ4v) is 11.3. The van der Waals surface area contributed by atoms with Gasteiger partial charge in [-0.25, -0.2) is 0 Å². The van der Waals surface area contributed by atoms with E-state index in [9.17, 15) is 26.3 Å². The number of ether oxygens (including phenoxy) is 1. The smallest absolute Gasteiger partial charge is 0.416 e. The summed E-state index contributed by atoms with van der Waals surface area (Å²) in [5.41, 5.74) is 7.32. The van der Waals surface area contributed by atoms with E-state index in [2.05, 4.69) is 93.3 Å². The lowest BCUT2D eigenvalue weighted by molar-refractivity contribution is -0.138. The predicted molar refractivity (Wildman–Crippen MR) is 286 cm³/mol. The molecule has 12 rings (SSSR count). The molecule has 9 aromatic rings. The van der Waals surface area contributed by atoms with Crippen LogP contribution in [0.25, 0.3) is 54.3 Å². The Morgan fingerprint density at radius 3 is 1.68 bits per heavy atom. The fourth-order valence-electron chi connectivity index (χ4n) is 11.3. The second-order valence-corrected chi connectivity index (χ2v) is 19.6. The van der Waals surface area contributed by atoms with Crippen molar-refractivity contribution in [2.45, 2.75) is 85.2 Å². The van der Waals surface area contributed by atoms with Crippen LogP contribution >= 0.6 is 0 Å². The van der Waals surface area contributed by atoms with Gasteiger partial charge in [-0.2, -0.15) is 26.3 Å². The highest BCUT2D eigenvalue weighted by Gasteiger charge is 2.43. The zero-order valence-corrected chi connectivity index (χ0v) is 41.4. The maximum Gasteiger partial charge on any atom is 0.416 e. The third kappa shape index (κ3) is 8.01. The van der Waals surface area contributed by atoms with Gasteiger partial charge >= 0.3 is 12.4 Å². The van der Waals surface area contributed by atoms with Crippen molar-refractivity contribution in [2.24, 2.45) is 11.8 Å². The SMILES string of the molecule is CC.CC(C)C1=CC=CC2C3=CCCCC(N(c4ccc(C(F)(F)F)cc4)c4ccc5ccc6c(N(c7ccc(C(F)(F)F)cc7)c7cccc8c7oc7c(C(C)C)cccc78)ccc7ccc4c5c76)=C3OC12. The summed E-state index contributed by atoms with van der Waals surface area (Å²) in [4.78, 5) is 4.09. The molecule has 3 aliphatic rings. The average molecular weight is 985 g/mol. The molecule has 2 atom stereocenters. The highest BCUT2D eigenvalue weighted by atomic mass is 19.4. The number of benzene rings is 8. The largest absolute Gasteiger partial charge is 0.483 e. The van der Waals surface area contributed by atoms with Gasteiger partial charge in [0.25, 0.3) is 0 Å². The van der Waals surface area contributed by atoms with Gasteiger partial charge in [-0.3, -0.25) is 0 Å². The molecule has 370 valence electrons. The number of hydrogen-bond acceptors (Lipinski definition) is 4. The van der Waals surface area contributed by atoms with Crippen LogP contribution < -0.4 is 9.80 Å². The summed E-state index contributed by atoms with van der Waals surface area (Å²) in [6.07, 6.45) is 1.70. The number of para-hydroxylation sites is 2. The molecule has 2 aliphatic carbocycles. The molecule has 4 nitrogen and oxygen atoms in total. The van der Waals surface area contributed by atoms with Gasteiger partial charge in [-0.1, -0.05) is 133 Å². The lowest BCUT2D eigenvalue weighted by Gasteiger charge is -2.31. The Kier molecular flexibility index (Phi) is 12.0. The molecular formula is C63H54F6N2O2. The molecule has 0 spiro atoms. The van der Waals surface area contributed by atoms with Crippen LogP contribution in [0.4, 0.5) is 54.8 Å². The molecule has 10 heteroatoms. The normalized spacial score (nSPS) is 17.0. The maximum atomic E-state index is 14.2. The van der Waals surface area contributed by atoms with Gasteiger partial charge in [0.2, 0.25) is 0 Å². The highest BCUT2D eigenvalue weighted by Crippen LogP contribution is 2.52. The molecule has 1 aromatic heterocycles. The number of anilines is 5. The third-order valence-electron chi connectivity index (χ3n) is 14.7. The number of furan rings is 1. The van der Waals surface area contributed by atoms with E-state index in [1.54, 1.807) is 12.1 Å². The number of allylic oxidation sites excluding steroid dienone is 5. The van der Waals surface area contributed by atoms with Gasteiger partial charge in [0, 0.05) is 44.4 Å². The van der Waals surface area contributed by atoms with E-state index in [0.717, 1.165) is 120 Å². The van der Waals surface area contributed by atoms with E-state index in [-0.39, 0.29) is 23.9 Å². The number of fused-ring (bicyclic) bond motifs is 6. The molecule has 2 heterocycles. The number of nitrogens with zero attached hydrogens (tertiary/aromatic N) is 2. The molecule has 1 saturated heterocycles. The van der Waals surface area contributed by atoms with Crippen molar-refractivity contribution in [3.8, 4) is 0 Å². The van der Waals surface area contributed by atoms with Crippen LogP contribution in [0.1, 0.15) is 83.4 Å². The first-order chi connectivity index (χ1) is 35.2. The number of hydrogen-bond donors (Lipinski definition) is 0. The van der Waals surface area contributed by atoms with Gasteiger partial charge < -0.3 is 19.0 Å². The van der Waals surface area contributed by atoms with Crippen molar-refractivity contribution < 1.29 is 35.5 Å². The molecule has 0 amide bonds. The number of halogens is 6. The third-order valence-corrected chi connectivity index (χ3v) is 14.7. The first kappa shape index (κ1) is 47.8. The summed E-state index contributed by atoms with van der Waals surface area (Å²) in [6.45, 7) is 12.6. The molecular weight excluding hydrogens is 931 g/mol. The fraction of sp³-hybridized carbons (Fsp3) is 0.238. The summed E-state index contributed by atoms with van der Waals surface area (Å²) >= 11 is 0. The van der Waals surface area contributed by atoms with E-state index in [1.165, 1.54) is 17.7 Å². The Labute approximate surface area is 420 Å². The van der Waals surface area contributed by atoms with E-state index in [4.69, 9.17) is 9.15 Å². The lowest BCUT2D eigenvalue weighted by Crippen LogP contribution is -2.23. The van der Waals surface area contributed by atoms with Crippen molar-refractivity contribution in [2.75, 3.05) is 9.80 Å². The summed E-state index contributed by atoms with van der Waals surface area (Å²) in [7, 11) is 0. The molecule has 0 bridgehead atoms. The number of alkyl halides is 6. The minimum Gasteiger partial charge on any atom is -0.483 e. The van der Waals surface area contributed by atoms with Crippen molar-refractivity contribution in [3.63, 3.8) is 0 Å². The molecule has 0 radical (unpaired) electrons. The van der Waals surface area contributed by atoms with E-state index < -0.39 is 23.5 Å². The molecule has 2 unspecified atom stereocenters. The Morgan fingerprint density at radius 2 is 1.11 bits per heavy atom. The first-order valence-corrected chi connectivity index (χ1v) is 25.2. The zero-order chi connectivity index (χ0) is 51.1. The average Bonchev–Trinajstić information content (AvgIpc) is 3.89.